The van der Waals surface area contributed by atoms with Crippen LogP contribution in [-0.2, 0) is 0 Å². The SMILES string of the molecule is COc1ccc(-c2nc(C)c(C(=O)N(C)C3CCCCC3)s2)cc1OC. The zero-order valence-corrected chi connectivity index (χ0v) is 16.7. The van der Waals surface area contributed by atoms with Crippen LogP contribution in [0.25, 0.3) is 10.6 Å². The number of carbonyl (C=O) groups is 1. The minimum Gasteiger partial charge on any atom is -0.493 e. The van der Waals surface area contributed by atoms with Crippen LogP contribution in [0, 0.1) is 6.92 Å². The summed E-state index contributed by atoms with van der Waals surface area (Å²) in [5, 5.41) is 0.823. The maximum Gasteiger partial charge on any atom is 0.265 e. The van der Waals surface area contributed by atoms with Crippen LogP contribution in [0.15, 0.2) is 18.2 Å². The lowest BCUT2D eigenvalue weighted by Gasteiger charge is -2.31. The lowest BCUT2D eigenvalue weighted by atomic mass is 9.94. The van der Waals surface area contributed by atoms with Gasteiger partial charge in [0.2, 0.25) is 0 Å². The second kappa shape index (κ2) is 8.08. The number of aromatic nitrogens is 1. The molecule has 0 N–H and O–H groups in total. The largest absolute Gasteiger partial charge is 0.493 e. The molecular weight excluding hydrogens is 348 g/mol. The molecule has 1 aromatic carbocycles. The lowest BCUT2D eigenvalue weighted by molar-refractivity contribution is 0.0700. The van der Waals surface area contributed by atoms with Gasteiger partial charge < -0.3 is 14.4 Å². The number of thiazole rings is 1. The molecule has 0 unspecified atom stereocenters. The van der Waals surface area contributed by atoms with E-state index in [1.807, 2.05) is 37.1 Å². The van der Waals surface area contributed by atoms with Gasteiger partial charge in [0.05, 0.1) is 19.9 Å². The molecule has 26 heavy (non-hydrogen) atoms. The van der Waals surface area contributed by atoms with Crippen molar-refractivity contribution in [1.82, 2.24) is 9.88 Å². The van der Waals surface area contributed by atoms with E-state index in [-0.39, 0.29) is 5.91 Å². The zero-order valence-electron chi connectivity index (χ0n) is 15.9. The predicted octanol–water partition coefficient (Wildman–Crippen LogP) is 4.54. The molecule has 0 saturated heterocycles. The molecule has 0 bridgehead atoms. The van der Waals surface area contributed by atoms with Gasteiger partial charge in [0.25, 0.3) is 5.91 Å². The summed E-state index contributed by atoms with van der Waals surface area (Å²) >= 11 is 1.45. The number of hydrogen-bond donors (Lipinski definition) is 0. The van der Waals surface area contributed by atoms with Crippen molar-refractivity contribution in [3.05, 3.63) is 28.8 Å². The number of rotatable bonds is 5. The van der Waals surface area contributed by atoms with Crippen LogP contribution in [0.5, 0.6) is 11.5 Å². The summed E-state index contributed by atoms with van der Waals surface area (Å²) in [5.41, 5.74) is 1.71. The third kappa shape index (κ3) is 3.70. The Hall–Kier alpha value is -2.08. The average Bonchev–Trinajstić information content (AvgIpc) is 3.08. The van der Waals surface area contributed by atoms with Crippen molar-refractivity contribution >= 4 is 17.2 Å². The third-order valence-electron chi connectivity index (χ3n) is 5.06. The highest BCUT2D eigenvalue weighted by atomic mass is 32.1. The first-order valence-electron chi connectivity index (χ1n) is 9.02. The maximum atomic E-state index is 13.0. The molecule has 1 fully saturated rings. The topological polar surface area (TPSA) is 51.7 Å². The second-order valence-corrected chi connectivity index (χ2v) is 7.71. The predicted molar refractivity (Wildman–Crippen MR) is 104 cm³/mol. The molecule has 0 radical (unpaired) electrons. The van der Waals surface area contributed by atoms with Crippen LogP contribution in [0.4, 0.5) is 0 Å². The summed E-state index contributed by atoms with van der Waals surface area (Å²) < 4.78 is 10.7. The summed E-state index contributed by atoms with van der Waals surface area (Å²) in [4.78, 5) is 20.3. The molecule has 5 nitrogen and oxygen atoms in total. The van der Waals surface area contributed by atoms with Crippen LogP contribution in [0.2, 0.25) is 0 Å². The Bertz CT molecular complexity index is 781. The van der Waals surface area contributed by atoms with Gasteiger partial charge in [0.15, 0.2) is 11.5 Å². The van der Waals surface area contributed by atoms with Crippen molar-refractivity contribution in [2.75, 3.05) is 21.3 Å². The third-order valence-corrected chi connectivity index (χ3v) is 6.26. The van der Waals surface area contributed by atoms with Gasteiger partial charge in [0.1, 0.15) is 9.88 Å². The monoisotopic (exact) mass is 374 g/mol. The maximum absolute atomic E-state index is 13.0. The Labute approximate surface area is 159 Å². The molecule has 6 heteroatoms. The summed E-state index contributed by atoms with van der Waals surface area (Å²) in [6, 6.07) is 6.05. The minimum atomic E-state index is 0.0821. The van der Waals surface area contributed by atoms with Gasteiger partial charge in [-0.25, -0.2) is 4.98 Å². The first-order chi connectivity index (χ1) is 12.5. The van der Waals surface area contributed by atoms with Crippen molar-refractivity contribution < 1.29 is 14.3 Å². The fraction of sp³-hybridized carbons (Fsp3) is 0.500. The molecule has 1 amide bonds. The second-order valence-electron chi connectivity index (χ2n) is 6.71. The highest BCUT2D eigenvalue weighted by Crippen LogP contribution is 2.35. The molecule has 0 spiro atoms. The molecule has 1 aromatic heterocycles. The van der Waals surface area contributed by atoms with E-state index in [9.17, 15) is 4.79 Å². The number of hydrogen-bond acceptors (Lipinski definition) is 5. The molecule has 1 saturated carbocycles. The number of amides is 1. The molecule has 3 rings (SSSR count). The van der Waals surface area contributed by atoms with Gasteiger partial charge in [-0.05, 0) is 38.0 Å². The van der Waals surface area contributed by atoms with Crippen LogP contribution in [0.3, 0.4) is 0 Å². The number of nitrogens with zero attached hydrogens (tertiary/aromatic N) is 2. The normalized spacial score (nSPS) is 14.9. The van der Waals surface area contributed by atoms with Crippen LogP contribution >= 0.6 is 11.3 Å². The van der Waals surface area contributed by atoms with Crippen molar-refractivity contribution in [1.29, 1.82) is 0 Å². The highest BCUT2D eigenvalue weighted by molar-refractivity contribution is 7.17. The molecule has 1 aliphatic carbocycles. The van der Waals surface area contributed by atoms with Crippen molar-refractivity contribution in [2.45, 2.75) is 45.1 Å². The Morgan fingerprint density at radius 3 is 2.50 bits per heavy atom. The molecule has 1 heterocycles. The summed E-state index contributed by atoms with van der Waals surface area (Å²) in [6.45, 7) is 1.91. The van der Waals surface area contributed by atoms with E-state index in [1.165, 1.54) is 30.6 Å². The molecule has 0 aliphatic heterocycles. The Morgan fingerprint density at radius 2 is 1.85 bits per heavy atom. The smallest absolute Gasteiger partial charge is 0.265 e. The van der Waals surface area contributed by atoms with E-state index in [1.54, 1.807) is 14.2 Å². The zero-order chi connectivity index (χ0) is 18.7. The van der Waals surface area contributed by atoms with E-state index >= 15 is 0 Å². The highest BCUT2D eigenvalue weighted by Gasteiger charge is 2.26. The number of benzene rings is 1. The van der Waals surface area contributed by atoms with Crippen LogP contribution in [-0.4, -0.2) is 43.1 Å². The summed E-state index contributed by atoms with van der Waals surface area (Å²) in [7, 11) is 5.15. The fourth-order valence-electron chi connectivity index (χ4n) is 3.48. The van der Waals surface area contributed by atoms with E-state index in [0.29, 0.717) is 17.5 Å². The summed E-state index contributed by atoms with van der Waals surface area (Å²) in [6.07, 6.45) is 5.90. The van der Waals surface area contributed by atoms with Crippen LogP contribution < -0.4 is 9.47 Å². The first kappa shape index (κ1) is 18.7. The Morgan fingerprint density at radius 1 is 1.15 bits per heavy atom. The first-order valence-corrected chi connectivity index (χ1v) is 9.83. The van der Waals surface area contributed by atoms with Gasteiger partial charge in [-0.2, -0.15) is 0 Å². The van der Waals surface area contributed by atoms with E-state index < -0.39 is 0 Å². The van der Waals surface area contributed by atoms with E-state index in [2.05, 4.69) is 4.98 Å². The Balaban J connectivity index is 1.85. The standard InChI is InChI=1S/C20H26N2O3S/c1-13-18(20(23)22(2)15-8-6-5-7-9-15)26-19(21-13)14-10-11-16(24-3)17(12-14)25-4/h10-12,15H,5-9H2,1-4H3. The van der Waals surface area contributed by atoms with Gasteiger partial charge in [-0.1, -0.05) is 19.3 Å². The van der Waals surface area contributed by atoms with Crippen molar-refractivity contribution in [3.63, 3.8) is 0 Å². The van der Waals surface area contributed by atoms with E-state index in [0.717, 1.165) is 34.0 Å². The molecule has 0 atom stereocenters. The number of aryl methyl sites for hydroxylation is 1. The van der Waals surface area contributed by atoms with Gasteiger partial charge in [-0.15, -0.1) is 11.3 Å². The van der Waals surface area contributed by atoms with Gasteiger partial charge in [-0.3, -0.25) is 4.79 Å². The molecule has 1 aliphatic rings. The molecule has 2 aromatic rings. The van der Waals surface area contributed by atoms with Crippen LogP contribution in [0.1, 0.15) is 47.5 Å². The molecular formula is C20H26N2O3S. The Kier molecular flexibility index (Phi) is 5.81. The van der Waals surface area contributed by atoms with Crippen molar-refractivity contribution in [3.8, 4) is 22.1 Å². The van der Waals surface area contributed by atoms with Crippen molar-refractivity contribution in [2.24, 2.45) is 0 Å². The number of carbonyl (C=O) groups excluding carboxylic acids is 1. The molecule has 140 valence electrons. The number of methoxy groups -OCH3 is 2. The van der Waals surface area contributed by atoms with Gasteiger partial charge >= 0.3 is 0 Å². The lowest BCUT2D eigenvalue weighted by Crippen LogP contribution is -2.38. The van der Waals surface area contributed by atoms with E-state index in [4.69, 9.17) is 9.47 Å². The summed E-state index contributed by atoms with van der Waals surface area (Å²) in [5.74, 6) is 1.42. The minimum absolute atomic E-state index is 0.0821. The average molecular weight is 375 g/mol. The number of ether oxygens (including phenoxy) is 2. The van der Waals surface area contributed by atoms with Gasteiger partial charge in [0, 0.05) is 18.7 Å². The fourth-order valence-corrected chi connectivity index (χ4v) is 4.53. The quantitative estimate of drug-likeness (QED) is 0.771.